The van der Waals surface area contributed by atoms with Crippen LogP contribution in [-0.4, -0.2) is 31.7 Å². The van der Waals surface area contributed by atoms with Gasteiger partial charge in [0.15, 0.2) is 0 Å². The van der Waals surface area contributed by atoms with Crippen molar-refractivity contribution in [2.24, 2.45) is 0 Å². The van der Waals surface area contributed by atoms with Gasteiger partial charge in [-0.2, -0.15) is 0 Å². The first-order valence-corrected chi connectivity index (χ1v) is 5.65. The van der Waals surface area contributed by atoms with Gasteiger partial charge in [0.05, 0.1) is 24.6 Å². The summed E-state index contributed by atoms with van der Waals surface area (Å²) in [5.74, 6) is 0.295. The quantitative estimate of drug-likeness (QED) is 0.789. The second kappa shape index (κ2) is 6.08. The van der Waals surface area contributed by atoms with Crippen molar-refractivity contribution < 1.29 is 9.53 Å². The molecule has 0 saturated carbocycles. The molecule has 0 amide bonds. The molecular formula is C12H19N3O2. The van der Waals surface area contributed by atoms with Gasteiger partial charge in [-0.25, -0.2) is 9.78 Å². The Labute approximate surface area is 102 Å². The van der Waals surface area contributed by atoms with E-state index in [1.54, 1.807) is 6.07 Å². The summed E-state index contributed by atoms with van der Waals surface area (Å²) in [5, 5.41) is 0. The summed E-state index contributed by atoms with van der Waals surface area (Å²) in [6.45, 7) is 3.03. The maximum Gasteiger partial charge on any atom is 0.340 e. The molecule has 1 rings (SSSR count). The highest BCUT2D eigenvalue weighted by Gasteiger charge is 2.13. The van der Waals surface area contributed by atoms with Crippen LogP contribution in [0.15, 0.2) is 12.3 Å². The third-order valence-corrected chi connectivity index (χ3v) is 2.56. The maximum atomic E-state index is 11.5. The normalized spacial score (nSPS) is 10.1. The molecule has 1 heterocycles. The average Bonchev–Trinajstić information content (AvgIpc) is 2.35. The van der Waals surface area contributed by atoms with E-state index in [1.165, 1.54) is 13.3 Å². The van der Waals surface area contributed by atoms with Gasteiger partial charge in [0.25, 0.3) is 0 Å². The molecule has 0 aliphatic rings. The molecule has 94 valence electrons. The van der Waals surface area contributed by atoms with Gasteiger partial charge in [0, 0.05) is 13.6 Å². The summed E-state index contributed by atoms with van der Waals surface area (Å²) < 4.78 is 4.67. The minimum atomic E-state index is -0.435. The van der Waals surface area contributed by atoms with E-state index in [1.807, 2.05) is 11.9 Å². The third-order valence-electron chi connectivity index (χ3n) is 2.56. The van der Waals surface area contributed by atoms with Crippen LogP contribution in [0.25, 0.3) is 0 Å². The van der Waals surface area contributed by atoms with Gasteiger partial charge < -0.3 is 15.4 Å². The molecule has 17 heavy (non-hydrogen) atoms. The van der Waals surface area contributed by atoms with Gasteiger partial charge >= 0.3 is 5.97 Å². The molecule has 1 aromatic heterocycles. The Hall–Kier alpha value is -1.78. The van der Waals surface area contributed by atoms with E-state index in [4.69, 9.17) is 5.73 Å². The molecule has 0 fully saturated rings. The number of carbonyl (C=O) groups excluding carboxylic acids is 1. The Morgan fingerprint density at radius 3 is 2.88 bits per heavy atom. The van der Waals surface area contributed by atoms with Crippen molar-refractivity contribution in [2.45, 2.75) is 19.8 Å². The lowest BCUT2D eigenvalue weighted by Crippen LogP contribution is -2.20. The Balaban J connectivity index is 2.91. The molecule has 0 aromatic carbocycles. The van der Waals surface area contributed by atoms with Crippen molar-refractivity contribution in [3.05, 3.63) is 17.8 Å². The van der Waals surface area contributed by atoms with Gasteiger partial charge in [0.2, 0.25) is 0 Å². The van der Waals surface area contributed by atoms with Gasteiger partial charge in [-0.15, -0.1) is 0 Å². The Bertz CT molecular complexity index is 393. The standard InChI is InChI=1S/C12H19N3O2/c1-4-5-6-15(2)11-7-9(12(16)17-3)10(13)8-14-11/h7-8H,4-6,13H2,1-3H3. The Morgan fingerprint density at radius 2 is 2.29 bits per heavy atom. The second-order valence-corrected chi connectivity index (χ2v) is 3.90. The van der Waals surface area contributed by atoms with Gasteiger partial charge in [-0.1, -0.05) is 13.3 Å². The van der Waals surface area contributed by atoms with Crippen LogP contribution in [0.2, 0.25) is 0 Å². The molecule has 0 bridgehead atoms. The van der Waals surface area contributed by atoms with E-state index in [0.717, 1.165) is 25.2 Å². The number of rotatable bonds is 5. The summed E-state index contributed by atoms with van der Waals surface area (Å²) >= 11 is 0. The SMILES string of the molecule is CCCCN(C)c1cc(C(=O)OC)c(N)cn1. The fourth-order valence-electron chi connectivity index (χ4n) is 1.46. The third kappa shape index (κ3) is 3.34. The average molecular weight is 237 g/mol. The molecule has 1 aromatic rings. The van der Waals surface area contributed by atoms with Crippen molar-refractivity contribution in [3.8, 4) is 0 Å². The van der Waals surface area contributed by atoms with E-state index in [9.17, 15) is 4.79 Å². The number of nitrogens with zero attached hydrogens (tertiary/aromatic N) is 2. The fourth-order valence-corrected chi connectivity index (χ4v) is 1.46. The highest BCUT2D eigenvalue weighted by molar-refractivity contribution is 5.95. The van der Waals surface area contributed by atoms with E-state index in [0.29, 0.717) is 11.3 Å². The largest absolute Gasteiger partial charge is 0.465 e. The second-order valence-electron chi connectivity index (χ2n) is 3.90. The predicted octanol–water partition coefficient (Wildman–Crippen LogP) is 1.69. The van der Waals surface area contributed by atoms with Crippen LogP contribution in [-0.2, 0) is 4.74 Å². The first-order chi connectivity index (χ1) is 8.10. The summed E-state index contributed by atoms with van der Waals surface area (Å²) in [5.41, 5.74) is 6.38. The smallest absolute Gasteiger partial charge is 0.340 e. The number of pyridine rings is 1. The Morgan fingerprint density at radius 1 is 1.59 bits per heavy atom. The monoisotopic (exact) mass is 237 g/mol. The molecule has 0 radical (unpaired) electrons. The number of hydrogen-bond acceptors (Lipinski definition) is 5. The number of esters is 1. The lowest BCUT2D eigenvalue weighted by atomic mass is 10.2. The van der Waals surface area contributed by atoms with E-state index >= 15 is 0 Å². The van der Waals surface area contributed by atoms with Gasteiger partial charge in [0.1, 0.15) is 5.82 Å². The molecule has 0 spiro atoms. The van der Waals surface area contributed by atoms with Crippen LogP contribution < -0.4 is 10.6 Å². The van der Waals surface area contributed by atoms with Crippen molar-refractivity contribution in [3.63, 3.8) is 0 Å². The fraction of sp³-hybridized carbons (Fsp3) is 0.500. The highest BCUT2D eigenvalue weighted by Crippen LogP contribution is 2.18. The number of carbonyl (C=O) groups is 1. The van der Waals surface area contributed by atoms with Crippen molar-refractivity contribution in [1.82, 2.24) is 4.98 Å². The van der Waals surface area contributed by atoms with E-state index in [-0.39, 0.29) is 0 Å². The number of hydrogen-bond donors (Lipinski definition) is 1. The number of methoxy groups -OCH3 is 1. The van der Waals surface area contributed by atoms with Crippen LogP contribution >= 0.6 is 0 Å². The molecule has 0 saturated heterocycles. The molecule has 0 atom stereocenters. The number of unbranched alkanes of at least 4 members (excludes halogenated alkanes) is 1. The molecule has 0 aliphatic heterocycles. The first kappa shape index (κ1) is 13.3. The number of nitrogens with two attached hydrogens (primary N) is 1. The van der Waals surface area contributed by atoms with Gasteiger partial charge in [-0.05, 0) is 12.5 Å². The molecular weight excluding hydrogens is 218 g/mol. The van der Waals surface area contributed by atoms with Gasteiger partial charge in [-0.3, -0.25) is 0 Å². The maximum absolute atomic E-state index is 11.5. The van der Waals surface area contributed by atoms with Crippen LogP contribution in [0.4, 0.5) is 11.5 Å². The zero-order valence-electron chi connectivity index (χ0n) is 10.6. The lowest BCUT2D eigenvalue weighted by molar-refractivity contribution is 0.0602. The molecule has 0 aliphatic carbocycles. The molecule has 5 nitrogen and oxygen atoms in total. The number of nitrogen functional groups attached to an aromatic ring is 1. The molecule has 0 unspecified atom stereocenters. The minimum Gasteiger partial charge on any atom is -0.465 e. The van der Waals surface area contributed by atoms with Crippen LogP contribution in [0.3, 0.4) is 0 Å². The van der Waals surface area contributed by atoms with Crippen molar-refractivity contribution in [1.29, 1.82) is 0 Å². The first-order valence-electron chi connectivity index (χ1n) is 5.65. The topological polar surface area (TPSA) is 68.5 Å². The van der Waals surface area contributed by atoms with E-state index < -0.39 is 5.97 Å². The lowest BCUT2D eigenvalue weighted by Gasteiger charge is -2.18. The van der Waals surface area contributed by atoms with Crippen LogP contribution in [0.1, 0.15) is 30.1 Å². The van der Waals surface area contributed by atoms with Crippen LogP contribution in [0.5, 0.6) is 0 Å². The summed E-state index contributed by atoms with van der Waals surface area (Å²) in [4.78, 5) is 17.7. The molecule has 5 heteroatoms. The zero-order chi connectivity index (χ0) is 12.8. The zero-order valence-corrected chi connectivity index (χ0v) is 10.6. The number of anilines is 2. The highest BCUT2D eigenvalue weighted by atomic mass is 16.5. The Kier molecular flexibility index (Phi) is 4.75. The summed E-state index contributed by atoms with van der Waals surface area (Å²) in [6, 6.07) is 1.66. The summed E-state index contributed by atoms with van der Waals surface area (Å²) in [6.07, 6.45) is 3.68. The van der Waals surface area contributed by atoms with E-state index in [2.05, 4.69) is 16.6 Å². The summed E-state index contributed by atoms with van der Waals surface area (Å²) in [7, 11) is 3.28. The minimum absolute atomic E-state index is 0.337. The number of ether oxygens (including phenoxy) is 1. The van der Waals surface area contributed by atoms with Crippen molar-refractivity contribution >= 4 is 17.5 Å². The van der Waals surface area contributed by atoms with Crippen LogP contribution in [0, 0.1) is 0 Å². The molecule has 2 N–H and O–H groups in total. The van der Waals surface area contributed by atoms with Crippen molar-refractivity contribution in [2.75, 3.05) is 31.3 Å². The predicted molar refractivity (Wildman–Crippen MR) is 68.2 cm³/mol. The number of aromatic nitrogens is 1.